The molecule has 0 spiro atoms. The Kier molecular flexibility index (Phi) is 5.50. The lowest BCUT2D eigenvalue weighted by atomic mass is 10.1. The zero-order valence-electron chi connectivity index (χ0n) is 14.1. The molecule has 0 aromatic heterocycles. The summed E-state index contributed by atoms with van der Waals surface area (Å²) in [4.78, 5) is 0. The van der Waals surface area contributed by atoms with Gasteiger partial charge in [-0.2, -0.15) is 10.5 Å². The summed E-state index contributed by atoms with van der Waals surface area (Å²) in [6.07, 6.45) is 0. The Morgan fingerprint density at radius 3 is 1.42 bits per heavy atom. The first-order valence-electron chi connectivity index (χ1n) is 8.10. The third-order valence-corrected chi connectivity index (χ3v) is 3.78. The molecule has 0 unspecified atom stereocenters. The van der Waals surface area contributed by atoms with Gasteiger partial charge in [0, 0.05) is 6.07 Å². The van der Waals surface area contributed by atoms with E-state index in [0.717, 1.165) is 11.1 Å². The van der Waals surface area contributed by atoms with Crippen LogP contribution >= 0.6 is 0 Å². The molecule has 0 radical (unpaired) electrons. The Morgan fingerprint density at radius 1 is 0.615 bits per heavy atom. The minimum Gasteiger partial charge on any atom is -0.489 e. The van der Waals surface area contributed by atoms with E-state index in [-0.39, 0.29) is 0 Å². The fourth-order valence-corrected chi connectivity index (χ4v) is 2.34. The van der Waals surface area contributed by atoms with Crippen LogP contribution in [0.4, 0.5) is 0 Å². The van der Waals surface area contributed by atoms with Gasteiger partial charge in [0.2, 0.25) is 0 Å². The van der Waals surface area contributed by atoms with Crippen molar-refractivity contribution in [3.8, 4) is 23.6 Å². The van der Waals surface area contributed by atoms with Crippen molar-refractivity contribution in [2.45, 2.75) is 13.2 Å². The van der Waals surface area contributed by atoms with E-state index >= 15 is 0 Å². The maximum atomic E-state index is 8.82. The Balaban J connectivity index is 1.57. The van der Waals surface area contributed by atoms with Crippen molar-refractivity contribution in [3.63, 3.8) is 0 Å². The van der Waals surface area contributed by atoms with Gasteiger partial charge in [0.1, 0.15) is 24.7 Å². The normalized spacial score (nSPS) is 9.77. The third-order valence-electron chi connectivity index (χ3n) is 3.78. The fourth-order valence-electron chi connectivity index (χ4n) is 2.34. The Hall–Kier alpha value is -3.76. The van der Waals surface area contributed by atoms with Crippen LogP contribution in [0.25, 0.3) is 0 Å². The van der Waals surface area contributed by atoms with Gasteiger partial charge < -0.3 is 9.47 Å². The predicted octanol–water partition coefficient (Wildman–Crippen LogP) is 4.59. The molecule has 26 heavy (non-hydrogen) atoms. The second kappa shape index (κ2) is 8.37. The van der Waals surface area contributed by atoms with Crippen molar-refractivity contribution < 1.29 is 9.47 Å². The Labute approximate surface area is 152 Å². The Bertz CT molecular complexity index is 872. The molecule has 0 aliphatic carbocycles. The summed E-state index contributed by atoms with van der Waals surface area (Å²) >= 11 is 0. The summed E-state index contributed by atoms with van der Waals surface area (Å²) in [6, 6.07) is 26.3. The number of benzene rings is 3. The minimum atomic E-state index is 0.421. The molecular formula is C22H16N2O2. The van der Waals surface area contributed by atoms with E-state index in [2.05, 4.69) is 12.1 Å². The molecule has 0 fully saturated rings. The van der Waals surface area contributed by atoms with Crippen molar-refractivity contribution in [2.75, 3.05) is 0 Å². The van der Waals surface area contributed by atoms with E-state index < -0.39 is 0 Å². The third kappa shape index (κ3) is 4.63. The molecule has 4 nitrogen and oxygen atoms in total. The largest absolute Gasteiger partial charge is 0.489 e. The summed E-state index contributed by atoms with van der Waals surface area (Å²) in [5, 5.41) is 17.6. The van der Waals surface area contributed by atoms with Crippen LogP contribution in [0.1, 0.15) is 22.3 Å². The van der Waals surface area contributed by atoms with Crippen molar-refractivity contribution in [1.82, 2.24) is 0 Å². The predicted molar refractivity (Wildman–Crippen MR) is 97.4 cm³/mol. The van der Waals surface area contributed by atoms with Gasteiger partial charge in [-0.1, -0.05) is 30.3 Å². The summed E-state index contributed by atoms with van der Waals surface area (Å²) in [5.41, 5.74) is 3.25. The average molecular weight is 340 g/mol. The molecule has 3 aromatic rings. The lowest BCUT2D eigenvalue weighted by Crippen LogP contribution is -1.98. The highest BCUT2D eigenvalue weighted by Gasteiger charge is 2.01. The topological polar surface area (TPSA) is 66.0 Å². The van der Waals surface area contributed by atoms with Gasteiger partial charge in [-0.15, -0.1) is 0 Å². The first-order chi connectivity index (χ1) is 12.8. The SMILES string of the molecule is N#Cc1ccc(COc2cccc(OCc3ccc(C#N)cc3)c2)cc1. The van der Waals surface area contributed by atoms with Gasteiger partial charge in [0.15, 0.2) is 0 Å². The van der Waals surface area contributed by atoms with Crippen molar-refractivity contribution >= 4 is 0 Å². The molecule has 3 rings (SSSR count). The maximum absolute atomic E-state index is 8.82. The smallest absolute Gasteiger partial charge is 0.123 e. The molecule has 3 aromatic carbocycles. The number of hydrogen-bond acceptors (Lipinski definition) is 4. The molecule has 0 saturated carbocycles. The van der Waals surface area contributed by atoms with Gasteiger partial charge >= 0.3 is 0 Å². The van der Waals surface area contributed by atoms with E-state index in [4.69, 9.17) is 20.0 Å². The monoisotopic (exact) mass is 340 g/mol. The van der Waals surface area contributed by atoms with E-state index in [0.29, 0.717) is 35.8 Å². The molecule has 0 aliphatic rings. The molecule has 0 heterocycles. The fraction of sp³-hybridized carbons (Fsp3) is 0.0909. The van der Waals surface area contributed by atoms with Crippen LogP contribution in [0, 0.1) is 22.7 Å². The minimum absolute atomic E-state index is 0.421. The number of nitrogens with zero attached hydrogens (tertiary/aromatic N) is 2. The number of hydrogen-bond donors (Lipinski definition) is 0. The van der Waals surface area contributed by atoms with Crippen LogP contribution in [0.5, 0.6) is 11.5 Å². The molecule has 0 N–H and O–H groups in total. The van der Waals surface area contributed by atoms with E-state index in [9.17, 15) is 0 Å². The molecule has 0 atom stereocenters. The highest BCUT2D eigenvalue weighted by molar-refractivity contribution is 5.35. The summed E-state index contributed by atoms with van der Waals surface area (Å²) in [6.45, 7) is 0.843. The maximum Gasteiger partial charge on any atom is 0.123 e. The molecule has 4 heteroatoms. The lowest BCUT2D eigenvalue weighted by Gasteiger charge is -2.10. The zero-order valence-corrected chi connectivity index (χ0v) is 14.1. The molecule has 0 bridgehead atoms. The molecule has 126 valence electrons. The van der Waals surface area contributed by atoms with Crippen LogP contribution in [-0.4, -0.2) is 0 Å². The first kappa shape index (κ1) is 17.1. The molecule has 0 amide bonds. The lowest BCUT2D eigenvalue weighted by molar-refractivity contribution is 0.290. The van der Waals surface area contributed by atoms with Crippen molar-refractivity contribution in [2.24, 2.45) is 0 Å². The molecule has 0 aliphatic heterocycles. The number of rotatable bonds is 6. The number of ether oxygens (including phenoxy) is 2. The van der Waals surface area contributed by atoms with Crippen molar-refractivity contribution in [1.29, 1.82) is 10.5 Å². The van der Waals surface area contributed by atoms with E-state index in [1.807, 2.05) is 48.5 Å². The first-order valence-corrected chi connectivity index (χ1v) is 8.10. The van der Waals surface area contributed by atoms with Gasteiger partial charge in [0.05, 0.1) is 23.3 Å². The quantitative estimate of drug-likeness (QED) is 0.658. The van der Waals surface area contributed by atoms with Gasteiger partial charge in [-0.3, -0.25) is 0 Å². The van der Waals surface area contributed by atoms with Crippen LogP contribution in [0.2, 0.25) is 0 Å². The van der Waals surface area contributed by atoms with Gasteiger partial charge in [-0.25, -0.2) is 0 Å². The highest BCUT2D eigenvalue weighted by atomic mass is 16.5. The summed E-state index contributed by atoms with van der Waals surface area (Å²) in [5.74, 6) is 1.43. The van der Waals surface area contributed by atoms with Crippen molar-refractivity contribution in [3.05, 3.63) is 95.1 Å². The van der Waals surface area contributed by atoms with Crippen LogP contribution < -0.4 is 9.47 Å². The average Bonchev–Trinajstić information content (AvgIpc) is 2.72. The van der Waals surface area contributed by atoms with E-state index in [1.165, 1.54) is 0 Å². The molecule has 0 saturated heterocycles. The standard InChI is InChI=1S/C22H16N2O2/c23-13-17-4-8-19(9-5-17)15-25-21-2-1-3-22(12-21)26-16-20-10-6-18(14-24)7-11-20/h1-12H,15-16H2. The highest BCUT2D eigenvalue weighted by Crippen LogP contribution is 2.21. The summed E-state index contributed by atoms with van der Waals surface area (Å²) in [7, 11) is 0. The Morgan fingerprint density at radius 2 is 1.04 bits per heavy atom. The second-order valence-electron chi connectivity index (χ2n) is 5.67. The van der Waals surface area contributed by atoms with E-state index in [1.54, 1.807) is 24.3 Å². The van der Waals surface area contributed by atoms with Crippen LogP contribution in [0.15, 0.2) is 72.8 Å². The second-order valence-corrected chi connectivity index (χ2v) is 5.67. The van der Waals surface area contributed by atoms with Crippen LogP contribution in [-0.2, 0) is 13.2 Å². The summed E-state index contributed by atoms with van der Waals surface area (Å²) < 4.78 is 11.6. The number of nitriles is 2. The van der Waals surface area contributed by atoms with Gasteiger partial charge in [-0.05, 0) is 47.5 Å². The zero-order chi connectivity index (χ0) is 18.2. The van der Waals surface area contributed by atoms with Gasteiger partial charge in [0.25, 0.3) is 0 Å². The molecular weight excluding hydrogens is 324 g/mol. The van der Waals surface area contributed by atoms with Crippen LogP contribution in [0.3, 0.4) is 0 Å².